The molecular formula is C20H28N8. The van der Waals surface area contributed by atoms with E-state index in [2.05, 4.69) is 59.2 Å². The lowest BCUT2D eigenvalue weighted by atomic mass is 9.97. The maximum Gasteiger partial charge on any atom is 0.152 e. The molecule has 0 N–H and O–H groups in total. The molecule has 28 heavy (non-hydrogen) atoms. The number of aryl methyl sites for hydroxylation is 3. The molecule has 0 spiro atoms. The summed E-state index contributed by atoms with van der Waals surface area (Å²) in [4.78, 5) is 15.9. The maximum atomic E-state index is 4.68. The van der Waals surface area contributed by atoms with Gasteiger partial charge in [-0.2, -0.15) is 0 Å². The van der Waals surface area contributed by atoms with Crippen LogP contribution in [0.1, 0.15) is 54.7 Å². The van der Waals surface area contributed by atoms with Gasteiger partial charge in [-0.3, -0.25) is 0 Å². The highest BCUT2D eigenvalue weighted by Crippen LogP contribution is 2.28. The van der Waals surface area contributed by atoms with Crippen molar-refractivity contribution in [2.24, 2.45) is 7.05 Å². The SMILES string of the molecule is CCc1cc(N2CCC[C@H](c3nnc(Cn4ccnc4C)n3C)C2)nc(C)n1. The van der Waals surface area contributed by atoms with Crippen molar-refractivity contribution in [1.29, 1.82) is 0 Å². The van der Waals surface area contributed by atoms with E-state index < -0.39 is 0 Å². The summed E-state index contributed by atoms with van der Waals surface area (Å²) in [5, 5.41) is 9.02. The van der Waals surface area contributed by atoms with Crippen LogP contribution < -0.4 is 4.90 Å². The first-order valence-electron chi connectivity index (χ1n) is 10.0. The first kappa shape index (κ1) is 18.6. The van der Waals surface area contributed by atoms with E-state index in [-0.39, 0.29) is 0 Å². The van der Waals surface area contributed by atoms with E-state index in [1.54, 1.807) is 0 Å². The Labute approximate surface area is 165 Å². The second kappa shape index (κ2) is 7.69. The monoisotopic (exact) mass is 380 g/mol. The van der Waals surface area contributed by atoms with E-state index in [1.807, 2.05) is 26.2 Å². The number of imidazole rings is 1. The first-order valence-corrected chi connectivity index (χ1v) is 10.0. The average Bonchev–Trinajstić information content (AvgIpc) is 3.27. The van der Waals surface area contributed by atoms with E-state index in [9.17, 15) is 0 Å². The van der Waals surface area contributed by atoms with Gasteiger partial charge in [0.25, 0.3) is 0 Å². The third-order valence-corrected chi connectivity index (χ3v) is 5.58. The van der Waals surface area contributed by atoms with Crippen LogP contribution in [0.4, 0.5) is 5.82 Å². The summed E-state index contributed by atoms with van der Waals surface area (Å²) in [5.41, 5.74) is 1.10. The minimum atomic E-state index is 0.351. The lowest BCUT2D eigenvalue weighted by molar-refractivity contribution is 0.475. The van der Waals surface area contributed by atoms with Crippen LogP contribution in [-0.4, -0.2) is 47.4 Å². The Balaban J connectivity index is 1.54. The van der Waals surface area contributed by atoms with Crippen molar-refractivity contribution in [1.82, 2.24) is 34.3 Å². The van der Waals surface area contributed by atoms with Crippen LogP contribution in [0.25, 0.3) is 0 Å². The summed E-state index contributed by atoms with van der Waals surface area (Å²) >= 11 is 0. The predicted octanol–water partition coefficient (Wildman–Crippen LogP) is 2.41. The van der Waals surface area contributed by atoms with Crippen molar-refractivity contribution < 1.29 is 0 Å². The lowest BCUT2D eigenvalue weighted by Crippen LogP contribution is -2.36. The Kier molecular flexibility index (Phi) is 5.11. The maximum absolute atomic E-state index is 4.68. The number of rotatable bonds is 5. The van der Waals surface area contributed by atoms with E-state index in [0.717, 1.165) is 67.2 Å². The van der Waals surface area contributed by atoms with Gasteiger partial charge in [-0.15, -0.1) is 10.2 Å². The summed E-state index contributed by atoms with van der Waals surface area (Å²) in [7, 11) is 2.07. The summed E-state index contributed by atoms with van der Waals surface area (Å²) < 4.78 is 4.24. The molecule has 0 radical (unpaired) electrons. The molecule has 0 unspecified atom stereocenters. The van der Waals surface area contributed by atoms with Crippen LogP contribution in [0, 0.1) is 13.8 Å². The number of piperidine rings is 1. The summed E-state index contributed by atoms with van der Waals surface area (Å²) in [6.45, 7) is 8.73. The van der Waals surface area contributed by atoms with Crippen LogP contribution in [-0.2, 0) is 20.0 Å². The molecule has 4 heterocycles. The number of hydrogen-bond acceptors (Lipinski definition) is 6. The van der Waals surface area contributed by atoms with Gasteiger partial charge in [0.15, 0.2) is 5.82 Å². The van der Waals surface area contributed by atoms with Gasteiger partial charge in [0.2, 0.25) is 0 Å². The van der Waals surface area contributed by atoms with Crippen LogP contribution in [0.2, 0.25) is 0 Å². The summed E-state index contributed by atoms with van der Waals surface area (Å²) in [5.74, 6) is 5.22. The van der Waals surface area contributed by atoms with E-state index in [0.29, 0.717) is 12.5 Å². The molecule has 0 aromatic carbocycles. The third kappa shape index (κ3) is 3.63. The highest BCUT2D eigenvalue weighted by atomic mass is 15.3. The zero-order valence-corrected chi connectivity index (χ0v) is 17.1. The Morgan fingerprint density at radius 1 is 1.18 bits per heavy atom. The van der Waals surface area contributed by atoms with Crippen molar-refractivity contribution in [3.05, 3.63) is 47.5 Å². The molecule has 1 aliphatic heterocycles. The second-order valence-corrected chi connectivity index (χ2v) is 7.54. The van der Waals surface area contributed by atoms with E-state index in [1.165, 1.54) is 0 Å². The molecule has 0 bridgehead atoms. The predicted molar refractivity (Wildman–Crippen MR) is 107 cm³/mol. The van der Waals surface area contributed by atoms with Gasteiger partial charge < -0.3 is 14.0 Å². The first-order chi connectivity index (χ1) is 13.5. The van der Waals surface area contributed by atoms with Gasteiger partial charge >= 0.3 is 0 Å². The van der Waals surface area contributed by atoms with Crippen molar-refractivity contribution in [3.8, 4) is 0 Å². The molecule has 0 aliphatic carbocycles. The molecule has 4 rings (SSSR count). The minimum absolute atomic E-state index is 0.351. The van der Waals surface area contributed by atoms with Gasteiger partial charge in [0.05, 0.1) is 6.54 Å². The molecular weight excluding hydrogens is 352 g/mol. The average molecular weight is 381 g/mol. The van der Waals surface area contributed by atoms with Gasteiger partial charge in [-0.05, 0) is 33.1 Å². The normalized spacial score (nSPS) is 17.3. The van der Waals surface area contributed by atoms with Crippen molar-refractivity contribution >= 4 is 5.82 Å². The largest absolute Gasteiger partial charge is 0.356 e. The topological polar surface area (TPSA) is 77.5 Å². The van der Waals surface area contributed by atoms with Crippen LogP contribution >= 0.6 is 0 Å². The molecule has 1 aliphatic rings. The van der Waals surface area contributed by atoms with Gasteiger partial charge in [0.1, 0.15) is 23.3 Å². The highest BCUT2D eigenvalue weighted by Gasteiger charge is 2.27. The zero-order chi connectivity index (χ0) is 19.7. The van der Waals surface area contributed by atoms with Gasteiger partial charge in [-0.25, -0.2) is 15.0 Å². The number of aromatic nitrogens is 7. The van der Waals surface area contributed by atoms with Crippen LogP contribution in [0.5, 0.6) is 0 Å². The smallest absolute Gasteiger partial charge is 0.152 e. The Morgan fingerprint density at radius 2 is 2.04 bits per heavy atom. The number of hydrogen-bond donors (Lipinski definition) is 0. The van der Waals surface area contributed by atoms with Gasteiger partial charge in [0, 0.05) is 50.2 Å². The number of nitrogens with zero attached hydrogens (tertiary/aromatic N) is 8. The molecule has 8 heteroatoms. The van der Waals surface area contributed by atoms with Crippen LogP contribution in [0.15, 0.2) is 18.5 Å². The molecule has 1 fully saturated rings. The fraction of sp³-hybridized carbons (Fsp3) is 0.550. The lowest BCUT2D eigenvalue weighted by Gasteiger charge is -2.33. The number of anilines is 1. The zero-order valence-electron chi connectivity index (χ0n) is 17.1. The van der Waals surface area contributed by atoms with Gasteiger partial charge in [-0.1, -0.05) is 6.92 Å². The van der Waals surface area contributed by atoms with Crippen molar-refractivity contribution in [2.75, 3.05) is 18.0 Å². The summed E-state index contributed by atoms with van der Waals surface area (Å²) in [6.07, 6.45) is 6.97. The molecule has 0 saturated carbocycles. The second-order valence-electron chi connectivity index (χ2n) is 7.54. The van der Waals surface area contributed by atoms with Crippen molar-refractivity contribution in [2.45, 2.75) is 52.5 Å². The molecule has 8 nitrogen and oxygen atoms in total. The Hall–Kier alpha value is -2.77. The Morgan fingerprint density at radius 3 is 2.79 bits per heavy atom. The van der Waals surface area contributed by atoms with E-state index in [4.69, 9.17) is 0 Å². The standard InChI is InChI=1S/C20H28N8/c1-5-17-11-18(23-14(2)22-17)28-9-6-7-16(12-28)20-25-24-19(26(20)4)13-27-10-8-21-15(27)3/h8,10-11,16H,5-7,9,12-13H2,1-4H3/t16-/m0/s1. The molecule has 3 aromatic heterocycles. The molecule has 1 atom stereocenters. The van der Waals surface area contributed by atoms with Crippen LogP contribution in [0.3, 0.4) is 0 Å². The van der Waals surface area contributed by atoms with E-state index >= 15 is 0 Å². The molecule has 148 valence electrons. The Bertz CT molecular complexity index is 957. The highest BCUT2D eigenvalue weighted by molar-refractivity contribution is 5.41. The molecule has 3 aromatic rings. The molecule has 0 amide bonds. The summed E-state index contributed by atoms with van der Waals surface area (Å²) in [6, 6.07) is 2.12. The molecule has 1 saturated heterocycles. The fourth-order valence-corrected chi connectivity index (χ4v) is 3.94. The quantitative estimate of drug-likeness (QED) is 0.676. The minimum Gasteiger partial charge on any atom is -0.356 e. The fourth-order valence-electron chi connectivity index (χ4n) is 3.94. The van der Waals surface area contributed by atoms with Crippen molar-refractivity contribution in [3.63, 3.8) is 0 Å². The third-order valence-electron chi connectivity index (χ3n) is 5.58.